The Morgan fingerprint density at radius 2 is 2.15 bits per heavy atom. The van der Waals surface area contributed by atoms with E-state index in [1.807, 2.05) is 36.0 Å². The van der Waals surface area contributed by atoms with E-state index in [-0.39, 0.29) is 23.5 Å². The second kappa shape index (κ2) is 4.63. The van der Waals surface area contributed by atoms with Gasteiger partial charge in [-0.1, -0.05) is 6.07 Å². The number of rotatable bonds is 2. The van der Waals surface area contributed by atoms with Crippen LogP contribution in [0.3, 0.4) is 0 Å². The molecule has 0 saturated carbocycles. The van der Waals surface area contributed by atoms with Crippen LogP contribution in [0.1, 0.15) is 16.8 Å². The van der Waals surface area contributed by atoms with E-state index in [1.54, 1.807) is 6.07 Å². The first kappa shape index (κ1) is 13.2. The highest BCUT2D eigenvalue weighted by molar-refractivity contribution is 7.91. The molecule has 106 valence electrons. The highest BCUT2D eigenvalue weighted by atomic mass is 32.2. The number of fused-ring (bicyclic) bond motifs is 1. The minimum absolute atomic E-state index is 0.0451. The van der Waals surface area contributed by atoms with Crippen LogP contribution in [-0.4, -0.2) is 36.4 Å². The molecule has 1 fully saturated rings. The summed E-state index contributed by atoms with van der Waals surface area (Å²) in [5.41, 5.74) is 1.57. The third kappa shape index (κ3) is 2.31. The molecule has 0 radical (unpaired) electrons. The predicted octanol–water partition coefficient (Wildman–Crippen LogP) is 1.10. The molecule has 1 saturated heterocycles. The Morgan fingerprint density at radius 1 is 1.35 bits per heavy atom. The topological polar surface area (TPSA) is 68.2 Å². The van der Waals surface area contributed by atoms with E-state index >= 15 is 0 Å². The fourth-order valence-electron chi connectivity index (χ4n) is 2.67. The molecule has 0 spiro atoms. The summed E-state index contributed by atoms with van der Waals surface area (Å²) >= 11 is 0. The molecule has 0 aliphatic carbocycles. The molecule has 1 amide bonds. The number of aromatic nitrogens is 1. The smallest absolute Gasteiger partial charge is 0.252 e. The van der Waals surface area contributed by atoms with Crippen molar-refractivity contribution in [3.63, 3.8) is 0 Å². The second-order valence-electron chi connectivity index (χ2n) is 5.24. The van der Waals surface area contributed by atoms with E-state index in [4.69, 9.17) is 0 Å². The summed E-state index contributed by atoms with van der Waals surface area (Å²) in [6.07, 6.45) is 2.40. The quantitative estimate of drug-likeness (QED) is 0.901. The molecule has 1 N–H and O–H groups in total. The maximum Gasteiger partial charge on any atom is 0.252 e. The first-order chi connectivity index (χ1) is 9.46. The van der Waals surface area contributed by atoms with Gasteiger partial charge in [0.2, 0.25) is 0 Å². The number of nitrogens with one attached hydrogen (secondary N) is 1. The zero-order valence-corrected chi connectivity index (χ0v) is 12.0. The number of carbonyl (C=O) groups is 1. The summed E-state index contributed by atoms with van der Waals surface area (Å²) in [6.45, 7) is 0. The normalized spacial score (nSPS) is 21.1. The van der Waals surface area contributed by atoms with E-state index in [0.717, 1.165) is 10.9 Å². The summed E-state index contributed by atoms with van der Waals surface area (Å²) in [5.74, 6) is 0.000625. The fourth-order valence-corrected chi connectivity index (χ4v) is 4.35. The molecular formula is C14H16N2O3S. The molecule has 20 heavy (non-hydrogen) atoms. The van der Waals surface area contributed by atoms with Crippen LogP contribution >= 0.6 is 0 Å². The molecule has 1 aliphatic heterocycles. The summed E-state index contributed by atoms with van der Waals surface area (Å²) in [7, 11) is -1.06. The van der Waals surface area contributed by atoms with Crippen molar-refractivity contribution < 1.29 is 13.2 Å². The number of sulfone groups is 1. The maximum absolute atomic E-state index is 12.3. The predicted molar refractivity (Wildman–Crippen MR) is 77.4 cm³/mol. The molecular weight excluding hydrogens is 276 g/mol. The fraction of sp³-hybridized carbons (Fsp3) is 0.357. The molecule has 2 heterocycles. The van der Waals surface area contributed by atoms with Crippen molar-refractivity contribution in [1.82, 2.24) is 9.88 Å². The first-order valence-corrected chi connectivity index (χ1v) is 8.34. The summed E-state index contributed by atoms with van der Waals surface area (Å²) in [5, 5.41) is 3.71. The number of hydrogen-bond donors (Lipinski definition) is 1. The molecule has 3 rings (SSSR count). The van der Waals surface area contributed by atoms with Crippen molar-refractivity contribution >= 4 is 26.6 Å². The second-order valence-corrected chi connectivity index (χ2v) is 7.47. The average Bonchev–Trinajstić information content (AvgIpc) is 2.93. The van der Waals surface area contributed by atoms with Gasteiger partial charge < -0.3 is 9.88 Å². The highest BCUT2D eigenvalue weighted by Gasteiger charge is 2.29. The van der Waals surface area contributed by atoms with Crippen LogP contribution in [0.15, 0.2) is 30.5 Å². The Labute approximate surface area is 117 Å². The van der Waals surface area contributed by atoms with Crippen LogP contribution in [-0.2, 0) is 16.9 Å². The number of amides is 1. The van der Waals surface area contributed by atoms with Crippen molar-refractivity contribution in [2.75, 3.05) is 11.5 Å². The van der Waals surface area contributed by atoms with E-state index in [9.17, 15) is 13.2 Å². The minimum Gasteiger partial charge on any atom is -0.351 e. The molecule has 0 bridgehead atoms. The highest BCUT2D eigenvalue weighted by Crippen LogP contribution is 2.20. The van der Waals surface area contributed by atoms with Crippen LogP contribution in [0.2, 0.25) is 0 Å². The Balaban J connectivity index is 1.86. The Bertz CT molecular complexity index is 777. The summed E-state index contributed by atoms with van der Waals surface area (Å²) in [6, 6.07) is 7.18. The van der Waals surface area contributed by atoms with E-state index in [1.165, 1.54) is 0 Å². The van der Waals surface area contributed by atoms with Gasteiger partial charge in [0.1, 0.15) is 0 Å². The van der Waals surface area contributed by atoms with Gasteiger partial charge in [0, 0.05) is 35.8 Å². The SMILES string of the molecule is Cn1ccc2c(C(=O)N[C@H]3CCS(=O)(=O)C3)cccc21. The molecule has 1 aliphatic rings. The number of hydrogen-bond acceptors (Lipinski definition) is 3. The van der Waals surface area contributed by atoms with Gasteiger partial charge in [0.15, 0.2) is 9.84 Å². The lowest BCUT2D eigenvalue weighted by atomic mass is 10.1. The maximum atomic E-state index is 12.3. The van der Waals surface area contributed by atoms with Crippen LogP contribution < -0.4 is 5.32 Å². The molecule has 1 aromatic heterocycles. The van der Waals surface area contributed by atoms with Gasteiger partial charge in [-0.3, -0.25) is 4.79 Å². The Kier molecular flexibility index (Phi) is 3.05. The van der Waals surface area contributed by atoms with Crippen molar-refractivity contribution in [3.8, 4) is 0 Å². The van der Waals surface area contributed by atoms with E-state index < -0.39 is 9.84 Å². The van der Waals surface area contributed by atoms with Gasteiger partial charge >= 0.3 is 0 Å². The van der Waals surface area contributed by atoms with E-state index in [2.05, 4.69) is 5.32 Å². The monoisotopic (exact) mass is 292 g/mol. The Hall–Kier alpha value is -1.82. The largest absolute Gasteiger partial charge is 0.351 e. The van der Waals surface area contributed by atoms with Gasteiger partial charge in [-0.2, -0.15) is 0 Å². The van der Waals surface area contributed by atoms with Crippen molar-refractivity contribution in [2.24, 2.45) is 7.05 Å². The van der Waals surface area contributed by atoms with Gasteiger partial charge in [-0.15, -0.1) is 0 Å². The zero-order chi connectivity index (χ0) is 14.3. The minimum atomic E-state index is -2.98. The van der Waals surface area contributed by atoms with Gasteiger partial charge in [0.05, 0.1) is 11.5 Å². The number of aryl methyl sites for hydroxylation is 1. The van der Waals surface area contributed by atoms with Gasteiger partial charge in [-0.25, -0.2) is 8.42 Å². The summed E-state index contributed by atoms with van der Waals surface area (Å²) in [4.78, 5) is 12.3. The number of benzene rings is 1. The van der Waals surface area contributed by atoms with Crippen molar-refractivity contribution in [3.05, 3.63) is 36.0 Å². The van der Waals surface area contributed by atoms with Gasteiger partial charge in [0.25, 0.3) is 5.91 Å². The standard InChI is InChI=1S/C14H16N2O3S/c1-16-7-5-11-12(3-2-4-13(11)16)14(17)15-10-6-8-20(18,19)9-10/h2-5,7,10H,6,8-9H2,1H3,(H,15,17)/t10-/m0/s1. The molecule has 0 unspecified atom stereocenters. The van der Waals surface area contributed by atoms with Crippen LogP contribution in [0.5, 0.6) is 0 Å². The van der Waals surface area contributed by atoms with E-state index in [0.29, 0.717) is 12.0 Å². The lowest BCUT2D eigenvalue weighted by molar-refractivity contribution is 0.0943. The average molecular weight is 292 g/mol. The first-order valence-electron chi connectivity index (χ1n) is 6.52. The van der Waals surface area contributed by atoms with Crippen LogP contribution in [0.25, 0.3) is 10.9 Å². The number of nitrogens with zero attached hydrogens (tertiary/aromatic N) is 1. The van der Waals surface area contributed by atoms with Crippen molar-refractivity contribution in [2.45, 2.75) is 12.5 Å². The Morgan fingerprint density at radius 3 is 2.85 bits per heavy atom. The summed E-state index contributed by atoms with van der Waals surface area (Å²) < 4.78 is 24.8. The third-order valence-electron chi connectivity index (χ3n) is 3.74. The van der Waals surface area contributed by atoms with Crippen molar-refractivity contribution in [1.29, 1.82) is 0 Å². The third-order valence-corrected chi connectivity index (χ3v) is 5.51. The lowest BCUT2D eigenvalue weighted by Gasteiger charge is -2.11. The lowest BCUT2D eigenvalue weighted by Crippen LogP contribution is -2.35. The molecule has 6 heteroatoms. The molecule has 1 aromatic carbocycles. The molecule has 1 atom stereocenters. The van der Waals surface area contributed by atoms with Gasteiger partial charge in [-0.05, 0) is 24.6 Å². The molecule has 2 aromatic rings. The number of carbonyl (C=O) groups excluding carboxylic acids is 1. The zero-order valence-electron chi connectivity index (χ0n) is 11.2. The van der Waals surface area contributed by atoms with Crippen LogP contribution in [0, 0.1) is 0 Å². The van der Waals surface area contributed by atoms with Crippen LogP contribution in [0.4, 0.5) is 0 Å². The molecule has 5 nitrogen and oxygen atoms in total.